The molecular formula is C26H24N6O2. The monoisotopic (exact) mass is 452 g/mol. The van der Waals surface area contributed by atoms with Gasteiger partial charge in [-0.25, -0.2) is 0 Å². The molecule has 0 aliphatic carbocycles. The van der Waals surface area contributed by atoms with E-state index in [1.807, 2.05) is 65.6 Å². The smallest absolute Gasteiger partial charge is 0.254 e. The summed E-state index contributed by atoms with van der Waals surface area (Å²) < 4.78 is 1.58. The van der Waals surface area contributed by atoms with Crippen molar-refractivity contribution in [3.05, 3.63) is 107 Å². The Balaban J connectivity index is 1.32. The van der Waals surface area contributed by atoms with Crippen LogP contribution in [-0.4, -0.2) is 50.0 Å². The molecule has 5 rings (SSSR count). The van der Waals surface area contributed by atoms with Crippen LogP contribution in [0.4, 0.5) is 0 Å². The van der Waals surface area contributed by atoms with E-state index in [9.17, 15) is 9.59 Å². The van der Waals surface area contributed by atoms with Crippen molar-refractivity contribution < 1.29 is 9.59 Å². The second-order valence-electron chi connectivity index (χ2n) is 8.35. The average molecular weight is 453 g/mol. The van der Waals surface area contributed by atoms with Crippen LogP contribution in [-0.2, 0) is 6.54 Å². The molecule has 170 valence electrons. The lowest BCUT2D eigenvalue weighted by Gasteiger charge is -2.24. The maximum Gasteiger partial charge on any atom is 0.254 e. The Hall–Kier alpha value is -4.33. The van der Waals surface area contributed by atoms with E-state index in [1.165, 1.54) is 0 Å². The molecule has 1 atom stereocenters. The number of nitrogens with zero attached hydrogens (tertiary/aromatic N) is 5. The fourth-order valence-electron chi connectivity index (χ4n) is 4.31. The zero-order valence-electron chi connectivity index (χ0n) is 18.8. The molecule has 2 amide bonds. The summed E-state index contributed by atoms with van der Waals surface area (Å²) in [5, 5.41) is 14.6. The van der Waals surface area contributed by atoms with Gasteiger partial charge in [-0.3, -0.25) is 9.59 Å². The van der Waals surface area contributed by atoms with E-state index in [-0.39, 0.29) is 17.7 Å². The largest absolute Gasteiger partial charge is 0.351 e. The first kappa shape index (κ1) is 21.5. The van der Waals surface area contributed by atoms with Crippen molar-refractivity contribution >= 4 is 11.8 Å². The van der Waals surface area contributed by atoms with Crippen molar-refractivity contribution in [2.75, 3.05) is 13.1 Å². The first-order valence-electron chi connectivity index (χ1n) is 11.2. The summed E-state index contributed by atoms with van der Waals surface area (Å²) in [5.74, 6) is 0.434. The molecule has 4 aromatic rings. The third-order valence-corrected chi connectivity index (χ3v) is 6.10. The number of nitrogens with one attached hydrogen (secondary N) is 1. The molecule has 2 heterocycles. The molecule has 34 heavy (non-hydrogen) atoms. The lowest BCUT2D eigenvalue weighted by molar-refractivity contribution is 0.0767. The third kappa shape index (κ3) is 4.30. The van der Waals surface area contributed by atoms with Crippen molar-refractivity contribution in [1.29, 1.82) is 0 Å². The van der Waals surface area contributed by atoms with Gasteiger partial charge < -0.3 is 10.2 Å². The number of aromatic nitrogens is 4. The minimum atomic E-state index is -0.190. The summed E-state index contributed by atoms with van der Waals surface area (Å²) in [6.45, 7) is 3.30. The summed E-state index contributed by atoms with van der Waals surface area (Å²) in [5.41, 5.74) is 4.11. The first-order chi connectivity index (χ1) is 16.6. The molecule has 1 aliphatic heterocycles. The summed E-state index contributed by atoms with van der Waals surface area (Å²) >= 11 is 0. The highest BCUT2D eigenvalue weighted by Gasteiger charge is 2.29. The van der Waals surface area contributed by atoms with Gasteiger partial charge in [0.1, 0.15) is 0 Å². The number of amides is 2. The van der Waals surface area contributed by atoms with E-state index in [2.05, 4.69) is 20.8 Å². The van der Waals surface area contributed by atoms with Crippen LogP contribution in [0.1, 0.15) is 43.6 Å². The molecule has 0 saturated carbocycles. The van der Waals surface area contributed by atoms with Crippen LogP contribution in [0, 0.1) is 6.92 Å². The highest BCUT2D eigenvalue weighted by atomic mass is 16.2. The maximum absolute atomic E-state index is 13.0. The zero-order valence-corrected chi connectivity index (χ0v) is 18.8. The van der Waals surface area contributed by atoms with E-state index < -0.39 is 0 Å². The number of aryl methyl sites for hydroxylation is 1. The van der Waals surface area contributed by atoms with Crippen LogP contribution < -0.4 is 5.32 Å². The van der Waals surface area contributed by atoms with E-state index >= 15 is 0 Å². The number of carbonyl (C=O) groups excluding carboxylic acids is 2. The van der Waals surface area contributed by atoms with Gasteiger partial charge in [0.25, 0.3) is 11.8 Å². The molecule has 1 aromatic heterocycles. The molecule has 8 nitrogen and oxygen atoms in total. The number of rotatable bonds is 7. The van der Waals surface area contributed by atoms with Crippen LogP contribution in [0.5, 0.6) is 0 Å². The van der Waals surface area contributed by atoms with Gasteiger partial charge in [-0.1, -0.05) is 54.6 Å². The van der Waals surface area contributed by atoms with Crippen molar-refractivity contribution in [2.24, 2.45) is 0 Å². The van der Waals surface area contributed by atoms with Gasteiger partial charge >= 0.3 is 0 Å². The number of hydrogen-bond acceptors (Lipinski definition) is 5. The summed E-state index contributed by atoms with van der Waals surface area (Å²) in [6, 6.07) is 24.9. The van der Waals surface area contributed by atoms with Gasteiger partial charge in [-0.15, -0.1) is 5.10 Å². The highest BCUT2D eigenvalue weighted by Crippen LogP contribution is 2.26. The Kier molecular flexibility index (Phi) is 5.86. The van der Waals surface area contributed by atoms with E-state index in [0.29, 0.717) is 31.0 Å². The molecule has 0 saturated heterocycles. The lowest BCUT2D eigenvalue weighted by atomic mass is 9.98. The quantitative estimate of drug-likeness (QED) is 0.465. The minimum absolute atomic E-state index is 0.0346. The normalized spacial score (nSPS) is 13.6. The van der Waals surface area contributed by atoms with Crippen molar-refractivity contribution in [3.63, 3.8) is 0 Å². The van der Waals surface area contributed by atoms with E-state index in [0.717, 1.165) is 22.4 Å². The minimum Gasteiger partial charge on any atom is -0.351 e. The van der Waals surface area contributed by atoms with Crippen molar-refractivity contribution in [3.8, 4) is 5.69 Å². The first-order valence-corrected chi connectivity index (χ1v) is 11.2. The maximum atomic E-state index is 13.0. The molecule has 1 N–H and O–H groups in total. The Morgan fingerprint density at radius 3 is 2.59 bits per heavy atom. The molecule has 1 aliphatic rings. The molecule has 8 heteroatoms. The number of hydrogen-bond donors (Lipinski definition) is 1. The Morgan fingerprint density at radius 2 is 1.82 bits per heavy atom. The molecule has 3 aromatic carbocycles. The molecule has 1 unspecified atom stereocenters. The molecular weight excluding hydrogens is 428 g/mol. The predicted molar refractivity (Wildman–Crippen MR) is 127 cm³/mol. The summed E-state index contributed by atoms with van der Waals surface area (Å²) in [7, 11) is 0. The second-order valence-corrected chi connectivity index (χ2v) is 8.35. The predicted octanol–water partition coefficient (Wildman–Crippen LogP) is 3.14. The SMILES string of the molecule is Cc1nnnn1-c1cccc(C(=O)NCC(CN2Cc3ccccc3C2=O)c2ccccc2)c1. The molecule has 0 fully saturated rings. The van der Waals surface area contributed by atoms with Crippen LogP contribution >= 0.6 is 0 Å². The highest BCUT2D eigenvalue weighted by molar-refractivity contribution is 5.98. The van der Waals surface area contributed by atoms with E-state index in [4.69, 9.17) is 0 Å². The van der Waals surface area contributed by atoms with Gasteiger partial charge in [-0.2, -0.15) is 4.68 Å². The standard InChI is InChI=1S/C26H24N6O2/c1-18-28-29-30-32(18)23-12-7-11-20(14-23)25(33)27-15-22(19-8-3-2-4-9-19)17-31-16-21-10-5-6-13-24(21)26(31)34/h2-14,22H,15-17H2,1H3,(H,27,33). The second kappa shape index (κ2) is 9.27. The molecule has 0 bridgehead atoms. The van der Waals surface area contributed by atoms with Gasteiger partial charge in [0.15, 0.2) is 5.82 Å². The molecule has 0 radical (unpaired) electrons. The van der Waals surface area contributed by atoms with Crippen molar-refractivity contribution in [1.82, 2.24) is 30.4 Å². The van der Waals surface area contributed by atoms with Crippen LogP contribution in [0.25, 0.3) is 5.69 Å². The Labute approximate surface area is 197 Å². The summed E-state index contributed by atoms with van der Waals surface area (Å²) in [6.07, 6.45) is 0. The zero-order chi connectivity index (χ0) is 23.5. The van der Waals surface area contributed by atoms with Gasteiger partial charge in [-0.05, 0) is 52.7 Å². The van der Waals surface area contributed by atoms with Crippen molar-refractivity contribution in [2.45, 2.75) is 19.4 Å². The van der Waals surface area contributed by atoms with Gasteiger partial charge in [0.05, 0.1) is 5.69 Å². The number of benzene rings is 3. The Bertz CT molecular complexity index is 1330. The number of carbonyl (C=O) groups is 2. The fraction of sp³-hybridized carbons (Fsp3) is 0.192. The van der Waals surface area contributed by atoms with Crippen LogP contribution in [0.15, 0.2) is 78.9 Å². The number of tetrazole rings is 1. The number of fused-ring (bicyclic) bond motifs is 1. The van der Waals surface area contributed by atoms with Crippen LogP contribution in [0.3, 0.4) is 0 Å². The van der Waals surface area contributed by atoms with E-state index in [1.54, 1.807) is 29.8 Å². The van der Waals surface area contributed by atoms with Gasteiger partial charge in [0, 0.05) is 36.7 Å². The van der Waals surface area contributed by atoms with Gasteiger partial charge in [0.2, 0.25) is 0 Å². The third-order valence-electron chi connectivity index (χ3n) is 6.10. The fourth-order valence-corrected chi connectivity index (χ4v) is 4.31. The summed E-state index contributed by atoms with van der Waals surface area (Å²) in [4.78, 5) is 27.8. The Morgan fingerprint density at radius 1 is 1.03 bits per heavy atom. The average Bonchev–Trinajstić information content (AvgIpc) is 3.45. The molecule has 0 spiro atoms. The van der Waals surface area contributed by atoms with Crippen LogP contribution in [0.2, 0.25) is 0 Å². The topological polar surface area (TPSA) is 93.0 Å². The lowest BCUT2D eigenvalue weighted by Crippen LogP contribution is -2.36.